The summed E-state index contributed by atoms with van der Waals surface area (Å²) in [5.74, 6) is 0.325. The van der Waals surface area contributed by atoms with E-state index in [0.29, 0.717) is 17.0 Å². The van der Waals surface area contributed by atoms with Gasteiger partial charge in [-0.25, -0.2) is 4.39 Å². The van der Waals surface area contributed by atoms with Crippen molar-refractivity contribution in [2.75, 3.05) is 6.54 Å². The number of benzene rings is 1. The first-order chi connectivity index (χ1) is 9.08. The topological polar surface area (TPSA) is 12.0 Å². The molecule has 3 heteroatoms. The van der Waals surface area contributed by atoms with Gasteiger partial charge in [0.15, 0.2) is 0 Å². The fourth-order valence-electron chi connectivity index (χ4n) is 2.38. The molecule has 0 saturated carbocycles. The molecule has 0 aromatic heterocycles. The highest BCUT2D eigenvalue weighted by atomic mass is 35.5. The van der Waals surface area contributed by atoms with Crippen LogP contribution in [-0.4, -0.2) is 12.6 Å². The summed E-state index contributed by atoms with van der Waals surface area (Å²) in [7, 11) is 0. The molecule has 2 atom stereocenters. The molecule has 1 aromatic rings. The van der Waals surface area contributed by atoms with Crippen molar-refractivity contribution in [3.05, 3.63) is 34.6 Å². The van der Waals surface area contributed by atoms with E-state index in [1.54, 1.807) is 6.07 Å². The van der Waals surface area contributed by atoms with Gasteiger partial charge in [-0.1, -0.05) is 44.9 Å². The summed E-state index contributed by atoms with van der Waals surface area (Å²) in [4.78, 5) is 0. The fourth-order valence-corrected chi connectivity index (χ4v) is 2.63. The molecule has 1 nitrogen and oxygen atoms in total. The summed E-state index contributed by atoms with van der Waals surface area (Å²) >= 11 is 6.12. The normalized spacial score (nSPS) is 14.4. The number of hydrogen-bond donors (Lipinski definition) is 1. The van der Waals surface area contributed by atoms with Gasteiger partial charge in [-0.2, -0.15) is 0 Å². The molecule has 0 bridgehead atoms. The molecule has 0 aliphatic rings. The second kappa shape index (κ2) is 8.55. The molecule has 0 amide bonds. The van der Waals surface area contributed by atoms with Gasteiger partial charge in [0.25, 0.3) is 0 Å². The maximum atomic E-state index is 13.1. The zero-order valence-electron chi connectivity index (χ0n) is 12.2. The third-order valence-electron chi connectivity index (χ3n) is 3.54. The molecule has 108 valence electrons. The Balaban J connectivity index is 2.74. The van der Waals surface area contributed by atoms with E-state index in [4.69, 9.17) is 11.6 Å². The van der Waals surface area contributed by atoms with Crippen LogP contribution in [-0.2, 0) is 6.42 Å². The summed E-state index contributed by atoms with van der Waals surface area (Å²) in [6.07, 6.45) is 4.36. The number of rotatable bonds is 8. The van der Waals surface area contributed by atoms with Gasteiger partial charge < -0.3 is 5.32 Å². The van der Waals surface area contributed by atoms with Gasteiger partial charge in [0.2, 0.25) is 0 Å². The lowest BCUT2D eigenvalue weighted by atomic mass is 9.91. The Morgan fingerprint density at radius 3 is 2.58 bits per heavy atom. The minimum Gasteiger partial charge on any atom is -0.313 e. The number of hydrogen-bond acceptors (Lipinski definition) is 1. The molecule has 1 rings (SSSR count). The first kappa shape index (κ1) is 16.5. The third-order valence-corrected chi connectivity index (χ3v) is 3.89. The van der Waals surface area contributed by atoms with Crippen molar-refractivity contribution in [2.45, 2.75) is 52.5 Å². The van der Waals surface area contributed by atoms with E-state index in [2.05, 4.69) is 26.1 Å². The van der Waals surface area contributed by atoms with Crippen LogP contribution in [0.15, 0.2) is 18.2 Å². The van der Waals surface area contributed by atoms with Gasteiger partial charge in [0, 0.05) is 11.1 Å². The van der Waals surface area contributed by atoms with Crippen LogP contribution in [0.4, 0.5) is 4.39 Å². The molecule has 0 aliphatic carbocycles. The summed E-state index contributed by atoms with van der Waals surface area (Å²) in [5.41, 5.74) is 1.03. The molecule has 0 fully saturated rings. The molecule has 0 aliphatic heterocycles. The lowest BCUT2D eigenvalue weighted by Gasteiger charge is -2.25. The van der Waals surface area contributed by atoms with E-state index in [-0.39, 0.29) is 5.82 Å². The van der Waals surface area contributed by atoms with Crippen molar-refractivity contribution < 1.29 is 4.39 Å². The highest BCUT2D eigenvalue weighted by Crippen LogP contribution is 2.22. The summed E-state index contributed by atoms with van der Waals surface area (Å²) < 4.78 is 13.1. The van der Waals surface area contributed by atoms with Crippen LogP contribution in [0.3, 0.4) is 0 Å². The fraction of sp³-hybridized carbons (Fsp3) is 0.625. The van der Waals surface area contributed by atoms with Crippen LogP contribution in [0.2, 0.25) is 5.02 Å². The molecule has 1 aromatic carbocycles. The summed E-state index contributed by atoms with van der Waals surface area (Å²) in [6, 6.07) is 5.10. The SMILES string of the molecule is CCCNC(Cc1ccc(F)cc1Cl)C(C)CCC. The smallest absolute Gasteiger partial charge is 0.124 e. The summed E-state index contributed by atoms with van der Waals surface area (Å²) in [5, 5.41) is 4.13. The third kappa shape index (κ3) is 5.50. The van der Waals surface area contributed by atoms with Crippen molar-refractivity contribution in [1.82, 2.24) is 5.32 Å². The summed E-state index contributed by atoms with van der Waals surface area (Å²) in [6.45, 7) is 7.66. The van der Waals surface area contributed by atoms with E-state index in [0.717, 1.165) is 24.9 Å². The van der Waals surface area contributed by atoms with E-state index >= 15 is 0 Å². The predicted molar refractivity (Wildman–Crippen MR) is 81.3 cm³/mol. The molecule has 0 radical (unpaired) electrons. The second-order valence-corrected chi connectivity index (χ2v) is 5.67. The van der Waals surface area contributed by atoms with E-state index in [9.17, 15) is 4.39 Å². The molecule has 0 heterocycles. The molecular formula is C16H25ClFN. The van der Waals surface area contributed by atoms with Crippen LogP contribution in [0, 0.1) is 11.7 Å². The quantitative estimate of drug-likeness (QED) is 0.722. The highest BCUT2D eigenvalue weighted by molar-refractivity contribution is 6.31. The standard InChI is InChI=1S/C16H25ClFN/c1-4-6-12(3)16(19-9-5-2)10-13-7-8-14(18)11-15(13)17/h7-8,11-12,16,19H,4-6,9-10H2,1-3H3. The zero-order valence-corrected chi connectivity index (χ0v) is 12.9. The Bertz CT molecular complexity index is 381. The largest absolute Gasteiger partial charge is 0.313 e. The molecule has 0 spiro atoms. The van der Waals surface area contributed by atoms with E-state index < -0.39 is 0 Å². The second-order valence-electron chi connectivity index (χ2n) is 5.27. The van der Waals surface area contributed by atoms with Gasteiger partial charge in [-0.3, -0.25) is 0 Å². The zero-order chi connectivity index (χ0) is 14.3. The van der Waals surface area contributed by atoms with Crippen molar-refractivity contribution in [2.24, 2.45) is 5.92 Å². The van der Waals surface area contributed by atoms with Crippen molar-refractivity contribution in [3.63, 3.8) is 0 Å². The molecule has 0 saturated heterocycles. The maximum Gasteiger partial charge on any atom is 0.124 e. The van der Waals surface area contributed by atoms with E-state index in [1.165, 1.54) is 25.0 Å². The van der Waals surface area contributed by atoms with Crippen molar-refractivity contribution in [3.8, 4) is 0 Å². The molecular weight excluding hydrogens is 261 g/mol. The Hall–Kier alpha value is -0.600. The van der Waals surface area contributed by atoms with Crippen LogP contribution < -0.4 is 5.32 Å². The van der Waals surface area contributed by atoms with Gasteiger partial charge in [0.1, 0.15) is 5.82 Å². The lowest BCUT2D eigenvalue weighted by Crippen LogP contribution is -2.37. The van der Waals surface area contributed by atoms with E-state index in [1.807, 2.05) is 0 Å². The van der Waals surface area contributed by atoms with Gasteiger partial charge >= 0.3 is 0 Å². The average molecular weight is 286 g/mol. The Kier molecular flexibility index (Phi) is 7.40. The van der Waals surface area contributed by atoms with Crippen LogP contribution in [0.25, 0.3) is 0 Å². The molecule has 1 N–H and O–H groups in total. The number of nitrogens with one attached hydrogen (secondary N) is 1. The van der Waals surface area contributed by atoms with Crippen molar-refractivity contribution in [1.29, 1.82) is 0 Å². The van der Waals surface area contributed by atoms with Gasteiger partial charge in [0.05, 0.1) is 0 Å². The first-order valence-electron chi connectivity index (χ1n) is 7.25. The van der Waals surface area contributed by atoms with Crippen LogP contribution in [0.1, 0.15) is 45.6 Å². The highest BCUT2D eigenvalue weighted by Gasteiger charge is 2.17. The Morgan fingerprint density at radius 2 is 2.00 bits per heavy atom. The lowest BCUT2D eigenvalue weighted by molar-refractivity contribution is 0.352. The van der Waals surface area contributed by atoms with Gasteiger partial charge in [-0.15, -0.1) is 0 Å². The molecule has 19 heavy (non-hydrogen) atoms. The maximum absolute atomic E-state index is 13.1. The minimum atomic E-state index is -0.270. The predicted octanol–water partition coefficient (Wildman–Crippen LogP) is 4.83. The van der Waals surface area contributed by atoms with Crippen LogP contribution >= 0.6 is 11.6 Å². The number of halogens is 2. The van der Waals surface area contributed by atoms with Crippen LogP contribution in [0.5, 0.6) is 0 Å². The average Bonchev–Trinajstić information content (AvgIpc) is 2.37. The molecule has 2 unspecified atom stereocenters. The van der Waals surface area contributed by atoms with Gasteiger partial charge in [-0.05, 0) is 49.4 Å². The Labute approximate surface area is 121 Å². The minimum absolute atomic E-state index is 0.270. The first-order valence-corrected chi connectivity index (χ1v) is 7.63. The van der Waals surface area contributed by atoms with Crippen molar-refractivity contribution >= 4 is 11.6 Å². The Morgan fingerprint density at radius 1 is 1.26 bits per heavy atom. The monoisotopic (exact) mass is 285 g/mol.